The van der Waals surface area contributed by atoms with Gasteiger partial charge in [0.15, 0.2) is 0 Å². The minimum absolute atomic E-state index is 0.740. The fraction of sp³-hybridized carbons (Fsp3) is 0. The molecule has 3 nitrogen and oxygen atoms in total. The van der Waals surface area contributed by atoms with E-state index in [0.717, 1.165) is 22.6 Å². The lowest BCUT2D eigenvalue weighted by atomic mass is 10.2. The monoisotopic (exact) mass is 335 g/mol. The largest absolute Gasteiger partial charge is 0.398 e. The zero-order valence-corrected chi connectivity index (χ0v) is 11.1. The fourth-order valence-corrected chi connectivity index (χ4v) is 2.13. The van der Waals surface area contributed by atoms with Crippen molar-refractivity contribution < 1.29 is 0 Å². The molecule has 0 radical (unpaired) electrons. The molecule has 0 bridgehead atoms. The van der Waals surface area contributed by atoms with Crippen LogP contribution in [0.3, 0.4) is 0 Å². The number of halogens is 1. The summed E-state index contributed by atoms with van der Waals surface area (Å²) >= 11 is 2.29. The van der Waals surface area contributed by atoms with E-state index in [-0.39, 0.29) is 0 Å². The molecule has 17 heavy (non-hydrogen) atoms. The summed E-state index contributed by atoms with van der Waals surface area (Å²) in [5, 5.41) is 0. The zero-order valence-electron chi connectivity index (χ0n) is 8.97. The average Bonchev–Trinajstić information content (AvgIpc) is 2.72. The predicted octanol–water partition coefficient (Wildman–Crippen LogP) is 3.19. The van der Waals surface area contributed by atoms with Gasteiger partial charge in [0.2, 0.25) is 0 Å². The van der Waals surface area contributed by atoms with Crippen molar-refractivity contribution in [2.75, 3.05) is 5.73 Å². The molecule has 1 aromatic carbocycles. The molecule has 0 aliphatic carbocycles. The van der Waals surface area contributed by atoms with E-state index in [1.54, 1.807) is 0 Å². The van der Waals surface area contributed by atoms with E-state index in [2.05, 4.69) is 51.8 Å². The maximum atomic E-state index is 5.74. The molecule has 4 heteroatoms. The first-order valence-electron chi connectivity index (χ1n) is 5.22. The molecule has 0 saturated heterocycles. The summed E-state index contributed by atoms with van der Waals surface area (Å²) in [6.07, 6.45) is 3.87. The minimum atomic E-state index is 0.740. The Morgan fingerprint density at radius 2 is 1.76 bits per heavy atom. The Morgan fingerprint density at radius 3 is 2.53 bits per heavy atom. The van der Waals surface area contributed by atoms with Crippen LogP contribution < -0.4 is 5.73 Å². The van der Waals surface area contributed by atoms with Crippen molar-refractivity contribution in [3.63, 3.8) is 0 Å². The Morgan fingerprint density at radius 1 is 1.00 bits per heavy atom. The van der Waals surface area contributed by atoms with E-state index >= 15 is 0 Å². The quantitative estimate of drug-likeness (QED) is 0.694. The SMILES string of the molecule is Nc1ccc2nc(-c3ccc(I)cc3)cn2c1. The number of nitrogens with zero attached hydrogens (tertiary/aromatic N) is 2. The average molecular weight is 335 g/mol. The molecular formula is C13H10IN3. The van der Waals surface area contributed by atoms with E-state index in [4.69, 9.17) is 5.73 Å². The van der Waals surface area contributed by atoms with Crippen LogP contribution in [0.5, 0.6) is 0 Å². The molecule has 0 fully saturated rings. The maximum Gasteiger partial charge on any atom is 0.137 e. The van der Waals surface area contributed by atoms with Crippen LogP contribution in [0, 0.1) is 3.57 Å². The number of hydrogen-bond acceptors (Lipinski definition) is 2. The maximum absolute atomic E-state index is 5.74. The second kappa shape index (κ2) is 4.03. The number of rotatable bonds is 1. The van der Waals surface area contributed by atoms with Crippen molar-refractivity contribution in [3.8, 4) is 11.3 Å². The first-order chi connectivity index (χ1) is 8.22. The summed E-state index contributed by atoms with van der Waals surface area (Å²) in [5.74, 6) is 0. The highest BCUT2D eigenvalue weighted by Crippen LogP contribution is 2.20. The number of fused-ring (bicyclic) bond motifs is 1. The van der Waals surface area contributed by atoms with Crippen LogP contribution in [0.25, 0.3) is 16.9 Å². The van der Waals surface area contributed by atoms with Gasteiger partial charge in [-0.1, -0.05) is 12.1 Å². The molecule has 0 aliphatic rings. The molecule has 0 aliphatic heterocycles. The minimum Gasteiger partial charge on any atom is -0.398 e. The third kappa shape index (κ3) is 2.00. The second-order valence-electron chi connectivity index (χ2n) is 3.86. The van der Waals surface area contributed by atoms with Gasteiger partial charge in [-0.2, -0.15) is 0 Å². The van der Waals surface area contributed by atoms with Gasteiger partial charge in [0.25, 0.3) is 0 Å². The summed E-state index contributed by atoms with van der Waals surface area (Å²) < 4.78 is 3.17. The summed E-state index contributed by atoms with van der Waals surface area (Å²) in [6, 6.07) is 12.1. The van der Waals surface area contributed by atoms with Gasteiger partial charge in [0, 0.05) is 27.2 Å². The summed E-state index contributed by atoms with van der Waals surface area (Å²) in [6.45, 7) is 0. The molecule has 2 aromatic heterocycles. The molecule has 84 valence electrons. The van der Waals surface area contributed by atoms with Crippen molar-refractivity contribution in [1.82, 2.24) is 9.38 Å². The fourth-order valence-electron chi connectivity index (χ4n) is 1.77. The first-order valence-corrected chi connectivity index (χ1v) is 6.30. The van der Waals surface area contributed by atoms with Gasteiger partial charge in [-0.25, -0.2) is 4.98 Å². The number of anilines is 1. The topological polar surface area (TPSA) is 43.3 Å². The van der Waals surface area contributed by atoms with E-state index in [9.17, 15) is 0 Å². The van der Waals surface area contributed by atoms with Crippen LogP contribution >= 0.6 is 22.6 Å². The smallest absolute Gasteiger partial charge is 0.137 e. The summed E-state index contributed by atoms with van der Waals surface area (Å²) in [5.41, 5.74) is 9.47. The van der Waals surface area contributed by atoms with Crippen LogP contribution in [-0.4, -0.2) is 9.38 Å². The number of pyridine rings is 1. The number of nitrogens with two attached hydrogens (primary N) is 1. The molecule has 0 unspecified atom stereocenters. The molecule has 0 atom stereocenters. The first kappa shape index (κ1) is 10.6. The molecule has 3 aromatic rings. The van der Waals surface area contributed by atoms with Gasteiger partial charge in [-0.05, 0) is 46.9 Å². The molecule has 0 amide bonds. The highest BCUT2D eigenvalue weighted by molar-refractivity contribution is 14.1. The Balaban J connectivity index is 2.14. The van der Waals surface area contributed by atoms with E-state index in [0.29, 0.717) is 0 Å². The standard InChI is InChI=1S/C13H10IN3/c14-10-3-1-9(2-4-10)12-8-17-7-11(15)5-6-13(17)16-12/h1-8H,15H2. The van der Waals surface area contributed by atoms with Gasteiger partial charge in [-0.15, -0.1) is 0 Å². The molecule has 0 saturated carbocycles. The van der Waals surface area contributed by atoms with Crippen molar-refractivity contribution in [2.24, 2.45) is 0 Å². The van der Waals surface area contributed by atoms with Crippen LogP contribution in [0.15, 0.2) is 48.8 Å². The third-order valence-electron chi connectivity index (χ3n) is 2.61. The van der Waals surface area contributed by atoms with E-state index in [1.807, 2.05) is 28.9 Å². The van der Waals surface area contributed by atoms with Gasteiger partial charge < -0.3 is 10.1 Å². The van der Waals surface area contributed by atoms with E-state index in [1.165, 1.54) is 3.57 Å². The Labute approximate surface area is 112 Å². The highest BCUT2D eigenvalue weighted by Gasteiger charge is 2.03. The lowest BCUT2D eigenvalue weighted by molar-refractivity contribution is 1.19. The molecular weight excluding hydrogens is 325 g/mol. The highest BCUT2D eigenvalue weighted by atomic mass is 127. The van der Waals surface area contributed by atoms with Crippen LogP contribution in [-0.2, 0) is 0 Å². The summed E-state index contributed by atoms with van der Waals surface area (Å²) in [4.78, 5) is 4.56. The zero-order chi connectivity index (χ0) is 11.8. The number of aromatic nitrogens is 2. The van der Waals surface area contributed by atoms with Gasteiger partial charge in [-0.3, -0.25) is 0 Å². The predicted molar refractivity (Wildman–Crippen MR) is 77.8 cm³/mol. The van der Waals surface area contributed by atoms with Crippen LogP contribution in [0.1, 0.15) is 0 Å². The lowest BCUT2D eigenvalue weighted by Crippen LogP contribution is -1.88. The molecule has 2 heterocycles. The normalized spacial score (nSPS) is 10.9. The molecule has 2 N–H and O–H groups in total. The molecule has 0 spiro atoms. The van der Waals surface area contributed by atoms with Crippen molar-refractivity contribution in [3.05, 3.63) is 52.4 Å². The number of nitrogen functional groups attached to an aromatic ring is 1. The van der Waals surface area contributed by atoms with E-state index < -0.39 is 0 Å². The van der Waals surface area contributed by atoms with Crippen molar-refractivity contribution in [2.45, 2.75) is 0 Å². The molecule has 3 rings (SSSR count). The van der Waals surface area contributed by atoms with Gasteiger partial charge >= 0.3 is 0 Å². The Kier molecular flexibility index (Phi) is 2.51. The number of hydrogen-bond donors (Lipinski definition) is 1. The lowest BCUT2D eigenvalue weighted by Gasteiger charge is -1.95. The van der Waals surface area contributed by atoms with Crippen LogP contribution in [0.4, 0.5) is 5.69 Å². The van der Waals surface area contributed by atoms with Crippen LogP contribution in [0.2, 0.25) is 0 Å². The number of imidazole rings is 1. The Bertz CT molecular complexity index is 671. The summed E-state index contributed by atoms with van der Waals surface area (Å²) in [7, 11) is 0. The van der Waals surface area contributed by atoms with Crippen molar-refractivity contribution in [1.29, 1.82) is 0 Å². The Hall–Kier alpha value is -1.56. The number of benzene rings is 1. The second-order valence-corrected chi connectivity index (χ2v) is 5.11. The van der Waals surface area contributed by atoms with Gasteiger partial charge in [0.05, 0.1) is 5.69 Å². The third-order valence-corrected chi connectivity index (χ3v) is 3.33. The van der Waals surface area contributed by atoms with Crippen molar-refractivity contribution >= 4 is 33.9 Å². The van der Waals surface area contributed by atoms with Gasteiger partial charge in [0.1, 0.15) is 5.65 Å².